The van der Waals surface area contributed by atoms with Gasteiger partial charge in [-0.05, 0) is 52.7 Å². The highest BCUT2D eigenvalue weighted by Crippen LogP contribution is 2.40. The summed E-state index contributed by atoms with van der Waals surface area (Å²) in [6.07, 6.45) is 3.27. The van der Waals surface area contributed by atoms with Crippen LogP contribution < -0.4 is 10.6 Å². The Kier molecular flexibility index (Phi) is 4.54. The number of nitrogens with two attached hydrogens (primary N) is 1. The Bertz CT molecular complexity index is 1320. The zero-order valence-electron chi connectivity index (χ0n) is 17.5. The third-order valence-electron chi connectivity index (χ3n) is 5.60. The Morgan fingerprint density at radius 3 is 2.53 bits per heavy atom. The van der Waals surface area contributed by atoms with Gasteiger partial charge >= 0.3 is 5.82 Å². The summed E-state index contributed by atoms with van der Waals surface area (Å²) in [7, 11) is 0. The second kappa shape index (κ2) is 7.41. The fourth-order valence-corrected chi connectivity index (χ4v) is 4.02. The minimum Gasteiger partial charge on any atom is -0.384 e. The maximum absolute atomic E-state index is 11.1. The Balaban J connectivity index is 1.70. The van der Waals surface area contributed by atoms with Crippen molar-refractivity contribution in [1.82, 2.24) is 24.7 Å². The number of pyridine rings is 2. The van der Waals surface area contributed by atoms with Crippen LogP contribution in [0.4, 0.5) is 23.0 Å². The van der Waals surface area contributed by atoms with Crippen LogP contribution in [-0.4, -0.2) is 36.2 Å². The zero-order chi connectivity index (χ0) is 22.4. The second-order valence-corrected chi connectivity index (χ2v) is 7.76. The molecule has 160 valence electrons. The van der Waals surface area contributed by atoms with Gasteiger partial charge in [0.05, 0.1) is 17.1 Å². The first-order valence-electron chi connectivity index (χ1n) is 10.1. The molecule has 0 aliphatic carbocycles. The molecule has 10 heteroatoms. The minimum absolute atomic E-state index is 0.0560. The third kappa shape index (κ3) is 3.22. The molecule has 1 aliphatic rings. The SMILES string of the molecule is Cc1nnc2n1-c1ccc(-c3ccc(N)nc3)cc1N(c1ccc([N+](=O)[O-])nc1)CC2C. The first-order valence-corrected chi connectivity index (χ1v) is 10.1. The summed E-state index contributed by atoms with van der Waals surface area (Å²) in [6, 6.07) is 13.0. The number of aryl methyl sites for hydroxylation is 1. The fraction of sp³-hybridized carbons (Fsp3) is 0.182. The second-order valence-electron chi connectivity index (χ2n) is 7.76. The number of rotatable bonds is 3. The van der Waals surface area contributed by atoms with Crippen molar-refractivity contribution >= 4 is 23.0 Å². The number of anilines is 3. The molecule has 3 aromatic heterocycles. The van der Waals surface area contributed by atoms with Crippen LogP contribution in [0.5, 0.6) is 0 Å². The number of fused-ring (bicyclic) bond motifs is 3. The molecule has 1 aliphatic heterocycles. The molecule has 0 amide bonds. The molecule has 4 aromatic rings. The molecule has 1 atom stereocenters. The summed E-state index contributed by atoms with van der Waals surface area (Å²) in [5.74, 6) is 1.98. The largest absolute Gasteiger partial charge is 0.384 e. The monoisotopic (exact) mass is 428 g/mol. The number of hydrogen-bond donors (Lipinski definition) is 1. The van der Waals surface area contributed by atoms with E-state index in [1.165, 1.54) is 12.3 Å². The first-order chi connectivity index (χ1) is 15.4. The van der Waals surface area contributed by atoms with Crippen molar-refractivity contribution < 1.29 is 4.92 Å². The molecule has 0 saturated heterocycles. The molecule has 0 spiro atoms. The van der Waals surface area contributed by atoms with Gasteiger partial charge in [-0.25, -0.2) is 4.98 Å². The lowest BCUT2D eigenvalue weighted by Gasteiger charge is -2.26. The normalized spacial score (nSPS) is 15.1. The maximum Gasteiger partial charge on any atom is 0.363 e. The van der Waals surface area contributed by atoms with Crippen LogP contribution in [-0.2, 0) is 0 Å². The molecule has 32 heavy (non-hydrogen) atoms. The Labute approximate surface area is 183 Å². The summed E-state index contributed by atoms with van der Waals surface area (Å²) in [4.78, 5) is 20.9. The summed E-state index contributed by atoms with van der Waals surface area (Å²) in [6.45, 7) is 4.62. The lowest BCUT2D eigenvalue weighted by Crippen LogP contribution is -2.22. The molecule has 1 aromatic carbocycles. The van der Waals surface area contributed by atoms with E-state index in [2.05, 4.69) is 42.6 Å². The highest BCUT2D eigenvalue weighted by Gasteiger charge is 2.29. The van der Waals surface area contributed by atoms with Crippen molar-refractivity contribution in [2.45, 2.75) is 19.8 Å². The highest BCUT2D eigenvalue weighted by molar-refractivity contribution is 5.79. The Morgan fingerprint density at radius 1 is 1.03 bits per heavy atom. The molecular weight excluding hydrogens is 408 g/mol. The average Bonchev–Trinajstić information content (AvgIpc) is 3.13. The predicted molar refractivity (Wildman–Crippen MR) is 120 cm³/mol. The minimum atomic E-state index is -0.500. The summed E-state index contributed by atoms with van der Waals surface area (Å²) >= 11 is 0. The number of nitro groups is 1. The van der Waals surface area contributed by atoms with Crippen molar-refractivity contribution in [3.63, 3.8) is 0 Å². The number of nitrogen functional groups attached to an aromatic ring is 1. The van der Waals surface area contributed by atoms with Gasteiger partial charge in [-0.15, -0.1) is 10.2 Å². The zero-order valence-corrected chi connectivity index (χ0v) is 17.5. The molecule has 10 nitrogen and oxygen atoms in total. The van der Waals surface area contributed by atoms with Gasteiger partial charge in [0, 0.05) is 30.3 Å². The van der Waals surface area contributed by atoms with Crippen LogP contribution >= 0.6 is 0 Å². The number of nitrogens with zero attached hydrogens (tertiary/aromatic N) is 7. The molecule has 0 bridgehead atoms. The van der Waals surface area contributed by atoms with Gasteiger partial charge in [0.25, 0.3) is 0 Å². The van der Waals surface area contributed by atoms with E-state index in [9.17, 15) is 10.1 Å². The maximum atomic E-state index is 11.1. The summed E-state index contributed by atoms with van der Waals surface area (Å²) in [5, 5.41) is 19.8. The molecular formula is C22H20N8O2. The summed E-state index contributed by atoms with van der Waals surface area (Å²) in [5.41, 5.74) is 10.3. The highest BCUT2D eigenvalue weighted by atomic mass is 16.6. The van der Waals surface area contributed by atoms with E-state index in [-0.39, 0.29) is 11.7 Å². The molecule has 0 saturated carbocycles. The molecule has 0 radical (unpaired) electrons. The number of benzene rings is 1. The third-order valence-corrected chi connectivity index (χ3v) is 5.60. The van der Waals surface area contributed by atoms with Gasteiger partial charge in [-0.2, -0.15) is 0 Å². The summed E-state index contributed by atoms with van der Waals surface area (Å²) < 4.78 is 2.06. The van der Waals surface area contributed by atoms with Crippen molar-refractivity contribution in [3.05, 3.63) is 76.6 Å². The number of aromatic nitrogens is 5. The van der Waals surface area contributed by atoms with Gasteiger partial charge in [-0.1, -0.05) is 13.0 Å². The van der Waals surface area contributed by atoms with E-state index in [1.54, 1.807) is 18.3 Å². The van der Waals surface area contributed by atoms with Crippen LogP contribution in [0.25, 0.3) is 16.8 Å². The molecule has 0 fully saturated rings. The molecule has 5 rings (SSSR count). The Hall–Kier alpha value is -4.34. The number of hydrogen-bond acceptors (Lipinski definition) is 8. The van der Waals surface area contributed by atoms with Gasteiger partial charge in [0.1, 0.15) is 17.5 Å². The van der Waals surface area contributed by atoms with Crippen molar-refractivity contribution in [3.8, 4) is 16.8 Å². The van der Waals surface area contributed by atoms with Gasteiger partial charge in [0.15, 0.2) is 6.20 Å². The van der Waals surface area contributed by atoms with Gasteiger partial charge < -0.3 is 20.7 Å². The van der Waals surface area contributed by atoms with Crippen molar-refractivity contribution in [2.24, 2.45) is 0 Å². The smallest absolute Gasteiger partial charge is 0.363 e. The van der Waals surface area contributed by atoms with E-state index >= 15 is 0 Å². The van der Waals surface area contributed by atoms with Crippen LogP contribution in [0, 0.1) is 17.0 Å². The van der Waals surface area contributed by atoms with E-state index in [1.807, 2.05) is 25.1 Å². The molecule has 2 N–H and O–H groups in total. The van der Waals surface area contributed by atoms with Gasteiger partial charge in [0.2, 0.25) is 0 Å². The molecule has 1 unspecified atom stereocenters. The lowest BCUT2D eigenvalue weighted by atomic mass is 10.0. The van der Waals surface area contributed by atoms with Crippen LogP contribution in [0.2, 0.25) is 0 Å². The van der Waals surface area contributed by atoms with Crippen LogP contribution in [0.1, 0.15) is 24.5 Å². The molecule has 4 heterocycles. The van der Waals surface area contributed by atoms with Crippen molar-refractivity contribution in [2.75, 3.05) is 17.2 Å². The quantitative estimate of drug-likeness (QED) is 0.385. The first kappa shape index (κ1) is 19.6. The predicted octanol–water partition coefficient (Wildman–Crippen LogP) is 3.78. The average molecular weight is 428 g/mol. The van der Waals surface area contributed by atoms with E-state index in [0.29, 0.717) is 12.4 Å². The van der Waals surface area contributed by atoms with Crippen LogP contribution in [0.15, 0.2) is 54.9 Å². The standard InChI is InChI=1S/C22H20N8O2/c1-13-12-28(17-5-8-21(25-11-17)30(31)32)19-9-15(16-4-7-20(23)24-10-16)3-6-18(19)29-14(2)26-27-22(13)29/h3-11,13H,12H2,1-2H3,(H2,23,24). The topological polar surface area (TPSA) is 129 Å². The van der Waals surface area contributed by atoms with E-state index in [0.717, 1.165) is 39.8 Å². The van der Waals surface area contributed by atoms with Crippen molar-refractivity contribution in [1.29, 1.82) is 0 Å². The Morgan fingerprint density at radius 2 is 1.84 bits per heavy atom. The van der Waals surface area contributed by atoms with Gasteiger partial charge in [-0.3, -0.25) is 4.57 Å². The van der Waals surface area contributed by atoms with E-state index in [4.69, 9.17) is 5.73 Å². The fourth-order valence-electron chi connectivity index (χ4n) is 4.02. The van der Waals surface area contributed by atoms with Crippen LogP contribution in [0.3, 0.4) is 0 Å². The lowest BCUT2D eigenvalue weighted by molar-refractivity contribution is -0.389. The van der Waals surface area contributed by atoms with E-state index < -0.39 is 4.92 Å².